The number of likely N-dealkylation sites (N-methyl/N-ethyl adjacent to an activating group) is 1. The summed E-state index contributed by atoms with van der Waals surface area (Å²) in [5.41, 5.74) is 2.35. The fraction of sp³-hybridized carbons (Fsp3) is 0.500. The van der Waals surface area contributed by atoms with Crippen molar-refractivity contribution in [3.8, 4) is 5.75 Å². The van der Waals surface area contributed by atoms with E-state index in [-0.39, 0.29) is 11.7 Å². The van der Waals surface area contributed by atoms with Crippen LogP contribution in [0.5, 0.6) is 5.75 Å². The lowest BCUT2D eigenvalue weighted by Crippen LogP contribution is -2.29. The van der Waals surface area contributed by atoms with Crippen molar-refractivity contribution in [2.75, 3.05) is 26.0 Å². The highest BCUT2D eigenvalue weighted by Gasteiger charge is 2.07. The molecule has 0 saturated heterocycles. The molecule has 18 heavy (non-hydrogen) atoms. The summed E-state index contributed by atoms with van der Waals surface area (Å²) in [7, 11) is 1.81. The molecular weight excluding hydrogens is 246 g/mol. The topological polar surface area (TPSA) is 29.5 Å². The van der Waals surface area contributed by atoms with Gasteiger partial charge >= 0.3 is 0 Å². The molecule has 0 aromatic heterocycles. The molecule has 1 rings (SSSR count). The van der Waals surface area contributed by atoms with E-state index in [4.69, 9.17) is 4.74 Å². The van der Waals surface area contributed by atoms with Gasteiger partial charge in [0.2, 0.25) is 5.91 Å². The van der Waals surface area contributed by atoms with Crippen LogP contribution in [-0.2, 0) is 11.2 Å². The third kappa shape index (κ3) is 4.26. The average Bonchev–Trinajstić information content (AvgIpc) is 2.38. The number of carbonyl (C=O) groups is 1. The highest BCUT2D eigenvalue weighted by molar-refractivity contribution is 7.81. The van der Waals surface area contributed by atoms with E-state index in [1.807, 2.05) is 19.9 Å². The zero-order valence-corrected chi connectivity index (χ0v) is 12.2. The van der Waals surface area contributed by atoms with E-state index < -0.39 is 0 Å². The first-order valence-electron chi connectivity index (χ1n) is 6.15. The zero-order chi connectivity index (χ0) is 13.5. The first kappa shape index (κ1) is 14.9. The molecule has 0 aliphatic rings. The van der Waals surface area contributed by atoms with Gasteiger partial charge in [0.25, 0.3) is 0 Å². The molecule has 0 unspecified atom stereocenters. The molecule has 0 radical (unpaired) electrons. The fourth-order valence-electron chi connectivity index (χ4n) is 1.73. The van der Waals surface area contributed by atoms with Crippen molar-refractivity contribution in [3.05, 3.63) is 29.3 Å². The lowest BCUT2D eigenvalue weighted by Gasteiger charge is -2.16. The predicted molar refractivity (Wildman–Crippen MR) is 77.5 cm³/mol. The van der Waals surface area contributed by atoms with E-state index >= 15 is 0 Å². The maximum Gasteiger partial charge on any atom is 0.232 e. The van der Waals surface area contributed by atoms with Gasteiger partial charge in [0.05, 0.1) is 12.4 Å². The largest absolute Gasteiger partial charge is 0.494 e. The van der Waals surface area contributed by atoms with Crippen molar-refractivity contribution in [3.63, 3.8) is 0 Å². The molecule has 0 heterocycles. The Kier molecular flexibility index (Phi) is 6.05. The van der Waals surface area contributed by atoms with E-state index in [9.17, 15) is 4.79 Å². The molecule has 0 fully saturated rings. The average molecular weight is 267 g/mol. The number of benzene rings is 1. The van der Waals surface area contributed by atoms with Gasteiger partial charge in [-0.2, -0.15) is 12.6 Å². The van der Waals surface area contributed by atoms with Crippen LogP contribution in [0.2, 0.25) is 0 Å². The number of thiol groups is 1. The molecule has 0 aliphatic carbocycles. The Bertz CT molecular complexity index is 407. The highest BCUT2D eigenvalue weighted by Crippen LogP contribution is 2.19. The Morgan fingerprint density at radius 3 is 2.72 bits per heavy atom. The van der Waals surface area contributed by atoms with Gasteiger partial charge in [-0.3, -0.25) is 4.79 Å². The van der Waals surface area contributed by atoms with E-state index in [0.29, 0.717) is 13.2 Å². The van der Waals surface area contributed by atoms with Crippen LogP contribution in [0.25, 0.3) is 0 Å². The van der Waals surface area contributed by atoms with Gasteiger partial charge in [0.15, 0.2) is 0 Å². The quantitative estimate of drug-likeness (QED) is 0.802. The highest BCUT2D eigenvalue weighted by atomic mass is 32.1. The van der Waals surface area contributed by atoms with Crippen LogP contribution in [0.1, 0.15) is 18.1 Å². The molecule has 0 aliphatic heterocycles. The SMILES string of the molecule is CCOc1ccc(CCN(C)C(=O)CS)cc1C. The molecule has 0 spiro atoms. The van der Waals surface area contributed by atoms with Crippen molar-refractivity contribution < 1.29 is 9.53 Å². The summed E-state index contributed by atoms with van der Waals surface area (Å²) >= 11 is 3.98. The number of aryl methyl sites for hydroxylation is 1. The van der Waals surface area contributed by atoms with Gasteiger partial charge in [-0.25, -0.2) is 0 Å². The summed E-state index contributed by atoms with van der Waals surface area (Å²) in [5.74, 6) is 1.25. The summed E-state index contributed by atoms with van der Waals surface area (Å²) in [6.45, 7) is 5.41. The van der Waals surface area contributed by atoms with Gasteiger partial charge in [0, 0.05) is 13.6 Å². The fourth-order valence-corrected chi connectivity index (χ4v) is 1.97. The second-order valence-electron chi connectivity index (χ2n) is 4.26. The van der Waals surface area contributed by atoms with Crippen LogP contribution >= 0.6 is 12.6 Å². The molecule has 1 amide bonds. The van der Waals surface area contributed by atoms with Crippen LogP contribution in [0, 0.1) is 6.92 Å². The zero-order valence-electron chi connectivity index (χ0n) is 11.3. The number of amides is 1. The maximum atomic E-state index is 11.4. The van der Waals surface area contributed by atoms with Gasteiger partial charge in [-0.1, -0.05) is 12.1 Å². The Hall–Kier alpha value is -1.16. The smallest absolute Gasteiger partial charge is 0.232 e. The van der Waals surface area contributed by atoms with Crippen molar-refractivity contribution in [1.29, 1.82) is 0 Å². The van der Waals surface area contributed by atoms with E-state index in [2.05, 4.69) is 24.8 Å². The second-order valence-corrected chi connectivity index (χ2v) is 4.57. The summed E-state index contributed by atoms with van der Waals surface area (Å²) in [6, 6.07) is 6.16. The Balaban J connectivity index is 2.58. The second kappa shape index (κ2) is 7.31. The van der Waals surface area contributed by atoms with Crippen molar-refractivity contribution in [1.82, 2.24) is 4.90 Å². The molecule has 4 heteroatoms. The van der Waals surface area contributed by atoms with Crippen molar-refractivity contribution in [2.24, 2.45) is 0 Å². The maximum absolute atomic E-state index is 11.4. The standard InChI is InChI=1S/C14H21NO2S/c1-4-17-13-6-5-12(9-11(13)2)7-8-15(3)14(16)10-18/h5-6,9,18H,4,7-8,10H2,1-3H3. The van der Waals surface area contributed by atoms with Crippen molar-refractivity contribution >= 4 is 18.5 Å². The summed E-state index contributed by atoms with van der Waals surface area (Å²) in [6.07, 6.45) is 0.850. The van der Waals surface area contributed by atoms with E-state index in [1.54, 1.807) is 11.9 Å². The Morgan fingerprint density at radius 2 is 2.17 bits per heavy atom. The van der Waals surface area contributed by atoms with Crippen LogP contribution < -0.4 is 4.74 Å². The normalized spacial score (nSPS) is 10.2. The van der Waals surface area contributed by atoms with Crippen LogP contribution in [0.3, 0.4) is 0 Å². The predicted octanol–water partition coefficient (Wildman–Crippen LogP) is 2.32. The van der Waals surface area contributed by atoms with Crippen LogP contribution in [0.4, 0.5) is 0 Å². The first-order valence-corrected chi connectivity index (χ1v) is 6.78. The van der Waals surface area contributed by atoms with Crippen molar-refractivity contribution in [2.45, 2.75) is 20.3 Å². The number of hydrogen-bond acceptors (Lipinski definition) is 3. The summed E-state index contributed by atoms with van der Waals surface area (Å²) < 4.78 is 5.50. The van der Waals surface area contributed by atoms with Gasteiger partial charge in [0.1, 0.15) is 5.75 Å². The minimum absolute atomic E-state index is 0.0565. The number of carbonyl (C=O) groups excluding carboxylic acids is 1. The molecule has 0 saturated carbocycles. The lowest BCUT2D eigenvalue weighted by molar-refractivity contribution is -0.127. The van der Waals surface area contributed by atoms with Crippen LogP contribution in [0.15, 0.2) is 18.2 Å². The molecular formula is C14H21NO2S. The number of ether oxygens (including phenoxy) is 1. The summed E-state index contributed by atoms with van der Waals surface area (Å²) in [4.78, 5) is 13.1. The Morgan fingerprint density at radius 1 is 1.44 bits per heavy atom. The molecule has 1 aromatic rings. The van der Waals surface area contributed by atoms with Crippen LogP contribution in [-0.4, -0.2) is 36.8 Å². The number of rotatable bonds is 6. The lowest BCUT2D eigenvalue weighted by atomic mass is 10.1. The molecule has 100 valence electrons. The molecule has 0 bridgehead atoms. The number of nitrogens with zero attached hydrogens (tertiary/aromatic N) is 1. The molecule has 0 N–H and O–H groups in total. The minimum atomic E-state index is 0.0565. The molecule has 0 atom stereocenters. The molecule has 3 nitrogen and oxygen atoms in total. The van der Waals surface area contributed by atoms with Gasteiger partial charge in [-0.05, 0) is 37.5 Å². The van der Waals surface area contributed by atoms with Gasteiger partial charge < -0.3 is 9.64 Å². The third-order valence-corrected chi connectivity index (χ3v) is 3.11. The molecule has 1 aromatic carbocycles. The minimum Gasteiger partial charge on any atom is -0.494 e. The third-order valence-electron chi connectivity index (χ3n) is 2.84. The van der Waals surface area contributed by atoms with E-state index in [1.165, 1.54) is 5.56 Å². The Labute approximate surface area is 115 Å². The first-order chi connectivity index (χ1) is 8.58. The van der Waals surface area contributed by atoms with Gasteiger partial charge in [-0.15, -0.1) is 0 Å². The monoisotopic (exact) mass is 267 g/mol. The van der Waals surface area contributed by atoms with E-state index in [0.717, 1.165) is 17.7 Å². The number of hydrogen-bond donors (Lipinski definition) is 1. The summed E-state index contributed by atoms with van der Waals surface area (Å²) in [5, 5.41) is 0.